The first-order valence-corrected chi connectivity index (χ1v) is 10.6. The molecule has 30 heavy (non-hydrogen) atoms. The Morgan fingerprint density at radius 1 is 1.07 bits per heavy atom. The molecule has 166 valence electrons. The molecule has 1 aromatic rings. The fourth-order valence-corrected chi connectivity index (χ4v) is 3.11. The Labute approximate surface area is 177 Å². The molecule has 0 saturated carbocycles. The summed E-state index contributed by atoms with van der Waals surface area (Å²) in [5.74, 6) is 0.0778. The van der Waals surface area contributed by atoms with Crippen LogP contribution in [-0.4, -0.2) is 61.6 Å². The van der Waals surface area contributed by atoms with Crippen LogP contribution in [0.2, 0.25) is 0 Å². The molecule has 1 saturated heterocycles. The van der Waals surface area contributed by atoms with Crippen molar-refractivity contribution in [2.24, 2.45) is 0 Å². The van der Waals surface area contributed by atoms with Crippen LogP contribution in [0.3, 0.4) is 0 Å². The third kappa shape index (κ3) is 7.57. The first kappa shape index (κ1) is 23.5. The van der Waals surface area contributed by atoms with Crippen molar-refractivity contribution in [2.75, 3.05) is 32.8 Å². The van der Waals surface area contributed by atoms with Crippen molar-refractivity contribution < 1.29 is 28.6 Å². The lowest BCUT2D eigenvalue weighted by Gasteiger charge is -2.26. The molecule has 0 bridgehead atoms. The lowest BCUT2D eigenvalue weighted by Crippen LogP contribution is -2.38. The van der Waals surface area contributed by atoms with Gasteiger partial charge in [-0.3, -0.25) is 14.4 Å². The van der Waals surface area contributed by atoms with Crippen molar-refractivity contribution >= 4 is 17.8 Å². The van der Waals surface area contributed by atoms with E-state index in [1.54, 1.807) is 32.0 Å². The fraction of sp³-hybridized carbons (Fsp3) is 0.591. The molecular formula is C22H32N2O6. The number of carbonyl (C=O) groups excluding carboxylic acids is 3. The summed E-state index contributed by atoms with van der Waals surface area (Å²) in [6, 6.07) is 4.80. The molecule has 1 aromatic carbocycles. The van der Waals surface area contributed by atoms with Crippen molar-refractivity contribution in [3.8, 4) is 11.5 Å². The predicted molar refractivity (Wildman–Crippen MR) is 112 cm³/mol. The zero-order valence-corrected chi connectivity index (χ0v) is 18.1. The van der Waals surface area contributed by atoms with Crippen LogP contribution in [0, 0.1) is 0 Å². The highest BCUT2D eigenvalue weighted by Crippen LogP contribution is 2.28. The van der Waals surface area contributed by atoms with Crippen LogP contribution in [0.5, 0.6) is 11.5 Å². The number of piperidine rings is 1. The molecule has 0 aromatic heterocycles. The van der Waals surface area contributed by atoms with Gasteiger partial charge in [-0.2, -0.15) is 0 Å². The maximum atomic E-state index is 12.4. The summed E-state index contributed by atoms with van der Waals surface area (Å²) in [6.45, 7) is 7.42. The van der Waals surface area contributed by atoms with E-state index >= 15 is 0 Å². The number of nitrogens with one attached hydrogen (secondary N) is 1. The van der Waals surface area contributed by atoms with Crippen molar-refractivity contribution in [1.82, 2.24) is 10.2 Å². The number of amides is 2. The van der Waals surface area contributed by atoms with Crippen LogP contribution < -0.4 is 14.8 Å². The largest absolute Gasteiger partial charge is 0.490 e. The Kier molecular flexibility index (Phi) is 9.44. The Bertz CT molecular complexity index is 728. The normalized spacial score (nSPS) is 13.7. The predicted octanol–water partition coefficient (Wildman–Crippen LogP) is 2.55. The van der Waals surface area contributed by atoms with E-state index in [9.17, 15) is 14.4 Å². The molecule has 8 nitrogen and oxygen atoms in total. The highest BCUT2D eigenvalue weighted by molar-refractivity contribution is 5.95. The van der Waals surface area contributed by atoms with E-state index in [1.165, 1.54) is 0 Å². The van der Waals surface area contributed by atoms with Gasteiger partial charge in [0.05, 0.1) is 19.1 Å². The molecule has 1 aliphatic rings. The monoisotopic (exact) mass is 420 g/mol. The summed E-state index contributed by atoms with van der Waals surface area (Å²) in [6.07, 6.45) is 3.12. The second-order valence-corrected chi connectivity index (χ2v) is 7.37. The van der Waals surface area contributed by atoms with Crippen LogP contribution in [0.1, 0.15) is 56.8 Å². The Balaban J connectivity index is 1.92. The molecule has 1 aliphatic heterocycles. The quantitative estimate of drug-likeness (QED) is 0.585. The number of esters is 1. The third-order valence-electron chi connectivity index (χ3n) is 4.55. The summed E-state index contributed by atoms with van der Waals surface area (Å²) >= 11 is 0. The lowest BCUT2D eigenvalue weighted by atomic mass is 10.1. The Morgan fingerprint density at radius 3 is 2.47 bits per heavy atom. The first-order chi connectivity index (χ1) is 14.4. The number of likely N-dealkylation sites (tertiary alicyclic amines) is 1. The van der Waals surface area contributed by atoms with Crippen LogP contribution in [0.15, 0.2) is 18.2 Å². The van der Waals surface area contributed by atoms with Gasteiger partial charge in [0.2, 0.25) is 0 Å². The van der Waals surface area contributed by atoms with Crippen molar-refractivity contribution in [1.29, 1.82) is 0 Å². The Hall–Kier alpha value is -2.77. The van der Waals surface area contributed by atoms with Gasteiger partial charge in [-0.1, -0.05) is 0 Å². The minimum absolute atomic E-state index is 0.0488. The summed E-state index contributed by atoms with van der Waals surface area (Å²) in [5.41, 5.74) is 0.380. The second kappa shape index (κ2) is 12.0. The summed E-state index contributed by atoms with van der Waals surface area (Å²) in [4.78, 5) is 38.1. The van der Waals surface area contributed by atoms with Gasteiger partial charge >= 0.3 is 5.97 Å². The average Bonchev–Trinajstić information content (AvgIpc) is 2.72. The van der Waals surface area contributed by atoms with E-state index in [1.807, 2.05) is 11.8 Å². The lowest BCUT2D eigenvalue weighted by molar-refractivity contribution is -0.147. The zero-order valence-electron chi connectivity index (χ0n) is 18.1. The smallest absolute Gasteiger partial charge is 0.307 e. The van der Waals surface area contributed by atoms with E-state index in [4.69, 9.17) is 14.2 Å². The molecule has 2 rings (SSSR count). The molecule has 0 atom stereocenters. The van der Waals surface area contributed by atoms with E-state index < -0.39 is 0 Å². The number of ether oxygens (including phenoxy) is 3. The average molecular weight is 421 g/mol. The second-order valence-electron chi connectivity index (χ2n) is 7.37. The molecule has 2 amide bonds. The van der Waals surface area contributed by atoms with E-state index in [-0.39, 0.29) is 43.5 Å². The molecular weight excluding hydrogens is 388 g/mol. The van der Waals surface area contributed by atoms with Crippen LogP contribution in [-0.2, 0) is 14.3 Å². The topological polar surface area (TPSA) is 94.2 Å². The number of carbonyl (C=O) groups is 3. The summed E-state index contributed by atoms with van der Waals surface area (Å²) in [5, 5.41) is 2.69. The summed E-state index contributed by atoms with van der Waals surface area (Å²) in [7, 11) is 0. The van der Waals surface area contributed by atoms with E-state index in [2.05, 4.69) is 5.32 Å². The number of hydrogen-bond acceptors (Lipinski definition) is 6. The van der Waals surface area contributed by atoms with Gasteiger partial charge in [-0.15, -0.1) is 0 Å². The minimum Gasteiger partial charge on any atom is -0.490 e. The van der Waals surface area contributed by atoms with Gasteiger partial charge in [0.1, 0.15) is 0 Å². The van der Waals surface area contributed by atoms with Gasteiger partial charge in [0.25, 0.3) is 11.8 Å². The van der Waals surface area contributed by atoms with Crippen LogP contribution in [0.4, 0.5) is 0 Å². The highest BCUT2D eigenvalue weighted by atomic mass is 16.5. The minimum atomic E-state index is -0.359. The van der Waals surface area contributed by atoms with Crippen LogP contribution in [0.25, 0.3) is 0 Å². The molecule has 1 fully saturated rings. The fourth-order valence-electron chi connectivity index (χ4n) is 3.11. The van der Waals surface area contributed by atoms with Crippen molar-refractivity contribution in [2.45, 2.75) is 52.6 Å². The molecule has 1 heterocycles. The number of benzene rings is 1. The Morgan fingerprint density at radius 2 is 1.80 bits per heavy atom. The van der Waals surface area contributed by atoms with Gasteiger partial charge in [0, 0.05) is 25.2 Å². The SMILES string of the molecule is CCOc1cc(C(=O)NCCC(=O)OC(C)C)ccc1OCC(=O)N1CCCCC1. The van der Waals surface area contributed by atoms with Gasteiger partial charge < -0.3 is 24.4 Å². The van der Waals surface area contributed by atoms with E-state index in [0.29, 0.717) is 23.7 Å². The van der Waals surface area contributed by atoms with Crippen molar-refractivity contribution in [3.63, 3.8) is 0 Å². The first-order valence-electron chi connectivity index (χ1n) is 10.6. The molecule has 1 N–H and O–H groups in total. The standard InChI is InChI=1S/C22H32N2O6/c1-4-28-19-14-17(22(27)23-11-10-21(26)30-16(2)3)8-9-18(19)29-15-20(25)24-12-6-5-7-13-24/h8-9,14,16H,4-7,10-13,15H2,1-3H3,(H,23,27). The number of nitrogens with zero attached hydrogens (tertiary/aromatic N) is 1. The number of hydrogen-bond donors (Lipinski definition) is 1. The molecule has 0 aliphatic carbocycles. The molecule has 0 radical (unpaired) electrons. The van der Waals surface area contributed by atoms with Gasteiger partial charge in [-0.05, 0) is 58.2 Å². The van der Waals surface area contributed by atoms with Crippen molar-refractivity contribution in [3.05, 3.63) is 23.8 Å². The molecule has 8 heteroatoms. The maximum Gasteiger partial charge on any atom is 0.307 e. The zero-order chi connectivity index (χ0) is 21.9. The van der Waals surface area contributed by atoms with Crippen LogP contribution >= 0.6 is 0 Å². The van der Waals surface area contributed by atoms with Gasteiger partial charge in [0.15, 0.2) is 18.1 Å². The number of rotatable bonds is 10. The van der Waals surface area contributed by atoms with Gasteiger partial charge in [-0.25, -0.2) is 0 Å². The van der Waals surface area contributed by atoms with E-state index in [0.717, 1.165) is 32.4 Å². The molecule has 0 unspecified atom stereocenters. The summed E-state index contributed by atoms with van der Waals surface area (Å²) < 4.78 is 16.3. The molecule has 0 spiro atoms. The highest BCUT2D eigenvalue weighted by Gasteiger charge is 2.18. The maximum absolute atomic E-state index is 12.4. The third-order valence-corrected chi connectivity index (χ3v) is 4.55.